The van der Waals surface area contributed by atoms with Crippen LogP contribution >= 0.6 is 0 Å². The molecular formula is C13H11F3N4. The van der Waals surface area contributed by atoms with Crippen LogP contribution in [0.1, 0.15) is 11.4 Å². The van der Waals surface area contributed by atoms with Crippen molar-refractivity contribution < 1.29 is 13.2 Å². The first-order valence-electron chi connectivity index (χ1n) is 6.02. The Kier molecular flexibility index (Phi) is 2.77. The van der Waals surface area contributed by atoms with Gasteiger partial charge in [-0.15, -0.1) is 0 Å². The normalized spacial score (nSPS) is 14.4. The third-order valence-electron chi connectivity index (χ3n) is 3.15. The highest BCUT2D eigenvalue weighted by Crippen LogP contribution is 2.35. The lowest BCUT2D eigenvalue weighted by molar-refractivity contribution is -0.144. The molecule has 104 valence electrons. The first-order chi connectivity index (χ1) is 9.45. The highest BCUT2D eigenvalue weighted by molar-refractivity contribution is 5.68. The van der Waals surface area contributed by atoms with Crippen LogP contribution in [0, 0.1) is 0 Å². The highest BCUT2D eigenvalue weighted by atomic mass is 19.4. The number of fused-ring (bicyclic) bond motifs is 1. The summed E-state index contributed by atoms with van der Waals surface area (Å²) in [6, 6.07) is 8.90. The molecule has 0 bridgehead atoms. The first kappa shape index (κ1) is 12.7. The minimum atomic E-state index is -4.61. The third kappa shape index (κ3) is 2.15. The molecule has 0 radical (unpaired) electrons. The number of alkyl halides is 3. The Morgan fingerprint density at radius 2 is 1.90 bits per heavy atom. The van der Waals surface area contributed by atoms with Gasteiger partial charge in [-0.2, -0.15) is 13.2 Å². The second-order valence-electron chi connectivity index (χ2n) is 4.50. The molecule has 2 N–H and O–H groups in total. The van der Waals surface area contributed by atoms with Crippen LogP contribution in [0.15, 0.2) is 30.3 Å². The largest absolute Gasteiger partial charge is 0.451 e. The summed E-state index contributed by atoms with van der Waals surface area (Å²) in [6.45, 7) is 0.576. The van der Waals surface area contributed by atoms with Crippen LogP contribution < -0.4 is 10.6 Å². The summed E-state index contributed by atoms with van der Waals surface area (Å²) in [5, 5.41) is 0. The summed E-state index contributed by atoms with van der Waals surface area (Å²) < 4.78 is 38.2. The van der Waals surface area contributed by atoms with Gasteiger partial charge in [-0.1, -0.05) is 18.2 Å². The number of hydrogen-bond donors (Lipinski definition) is 1. The number of rotatable bonds is 1. The number of para-hydroxylation sites is 1. The van der Waals surface area contributed by atoms with Crippen LogP contribution in [0.4, 0.5) is 30.5 Å². The molecule has 3 rings (SSSR count). The Hall–Kier alpha value is -2.31. The van der Waals surface area contributed by atoms with E-state index in [0.29, 0.717) is 6.54 Å². The molecule has 7 heteroatoms. The molecule has 2 aromatic rings. The summed E-state index contributed by atoms with van der Waals surface area (Å²) in [4.78, 5) is 8.57. The molecule has 2 heterocycles. The molecule has 1 aromatic heterocycles. The topological polar surface area (TPSA) is 55.0 Å². The maximum Gasteiger partial charge on any atom is 0.451 e. The molecule has 0 amide bonds. The van der Waals surface area contributed by atoms with Gasteiger partial charge in [-0.3, -0.25) is 0 Å². The SMILES string of the molecule is Nc1cc(N2CCc3ccccc32)nc(C(F)(F)F)n1. The standard InChI is InChI=1S/C13H11F3N4/c14-13(15,16)12-18-10(17)7-11(19-12)20-6-5-8-3-1-2-4-9(8)20/h1-4,7H,5-6H2,(H2,17,18,19). The maximum atomic E-state index is 12.7. The van der Waals surface area contributed by atoms with Crippen molar-refractivity contribution in [2.24, 2.45) is 0 Å². The molecule has 20 heavy (non-hydrogen) atoms. The minimum absolute atomic E-state index is 0.176. The number of aromatic nitrogens is 2. The van der Waals surface area contributed by atoms with Crippen LogP contribution in [0.3, 0.4) is 0 Å². The van der Waals surface area contributed by atoms with Crippen molar-refractivity contribution in [2.75, 3.05) is 17.2 Å². The van der Waals surface area contributed by atoms with E-state index in [9.17, 15) is 13.2 Å². The molecule has 0 spiro atoms. The Bertz CT molecular complexity index is 654. The third-order valence-corrected chi connectivity index (χ3v) is 3.15. The van der Waals surface area contributed by atoms with E-state index in [1.807, 2.05) is 24.3 Å². The van der Waals surface area contributed by atoms with Crippen molar-refractivity contribution in [2.45, 2.75) is 12.6 Å². The van der Waals surface area contributed by atoms with Gasteiger partial charge >= 0.3 is 6.18 Å². The van der Waals surface area contributed by atoms with E-state index in [1.54, 1.807) is 4.90 Å². The molecular weight excluding hydrogens is 269 g/mol. The number of nitrogens with zero attached hydrogens (tertiary/aromatic N) is 3. The fourth-order valence-corrected chi connectivity index (χ4v) is 2.29. The van der Waals surface area contributed by atoms with Gasteiger partial charge in [-0.05, 0) is 18.1 Å². The fraction of sp³-hybridized carbons (Fsp3) is 0.231. The monoisotopic (exact) mass is 280 g/mol. The van der Waals surface area contributed by atoms with Crippen molar-refractivity contribution in [1.29, 1.82) is 0 Å². The summed E-state index contributed by atoms with van der Waals surface area (Å²) >= 11 is 0. The lowest BCUT2D eigenvalue weighted by atomic mass is 10.2. The van der Waals surface area contributed by atoms with Crippen molar-refractivity contribution in [1.82, 2.24) is 9.97 Å². The summed E-state index contributed by atoms with van der Waals surface area (Å²) in [6.07, 6.45) is -3.84. The van der Waals surface area contributed by atoms with Gasteiger partial charge in [0, 0.05) is 18.3 Å². The van der Waals surface area contributed by atoms with Crippen molar-refractivity contribution >= 4 is 17.3 Å². The number of nitrogens with two attached hydrogens (primary N) is 1. The molecule has 0 atom stereocenters. The predicted molar refractivity (Wildman–Crippen MR) is 68.6 cm³/mol. The average molecular weight is 280 g/mol. The van der Waals surface area contributed by atoms with Gasteiger partial charge in [0.2, 0.25) is 5.82 Å². The lowest BCUT2D eigenvalue weighted by Gasteiger charge is -2.19. The molecule has 0 unspecified atom stereocenters. The molecule has 0 saturated carbocycles. The molecule has 0 fully saturated rings. The number of benzene rings is 1. The van der Waals surface area contributed by atoms with Crippen molar-refractivity contribution in [3.63, 3.8) is 0 Å². The summed E-state index contributed by atoms with van der Waals surface area (Å²) in [5.41, 5.74) is 7.41. The Labute approximate surface area is 113 Å². The summed E-state index contributed by atoms with van der Waals surface area (Å²) in [7, 11) is 0. The second-order valence-corrected chi connectivity index (χ2v) is 4.50. The van der Waals surface area contributed by atoms with E-state index in [4.69, 9.17) is 5.73 Å². The van der Waals surface area contributed by atoms with E-state index in [-0.39, 0.29) is 11.6 Å². The van der Waals surface area contributed by atoms with Crippen LogP contribution in [0.2, 0.25) is 0 Å². The van der Waals surface area contributed by atoms with Gasteiger partial charge in [0.25, 0.3) is 0 Å². The van der Waals surface area contributed by atoms with Crippen LogP contribution in [-0.4, -0.2) is 16.5 Å². The minimum Gasteiger partial charge on any atom is -0.384 e. The van der Waals surface area contributed by atoms with Crippen molar-refractivity contribution in [3.05, 3.63) is 41.7 Å². The molecule has 0 aliphatic carbocycles. The Morgan fingerprint density at radius 3 is 2.65 bits per heavy atom. The zero-order chi connectivity index (χ0) is 14.3. The smallest absolute Gasteiger partial charge is 0.384 e. The van der Waals surface area contributed by atoms with E-state index in [0.717, 1.165) is 17.7 Å². The molecule has 4 nitrogen and oxygen atoms in total. The Balaban J connectivity index is 2.06. The van der Waals surface area contributed by atoms with Gasteiger partial charge in [-0.25, -0.2) is 9.97 Å². The van der Waals surface area contributed by atoms with E-state index < -0.39 is 12.0 Å². The highest BCUT2D eigenvalue weighted by Gasteiger charge is 2.36. The van der Waals surface area contributed by atoms with E-state index in [1.165, 1.54) is 6.07 Å². The van der Waals surface area contributed by atoms with Gasteiger partial charge < -0.3 is 10.6 Å². The molecule has 1 aliphatic rings. The van der Waals surface area contributed by atoms with Crippen molar-refractivity contribution in [3.8, 4) is 0 Å². The average Bonchev–Trinajstić information content (AvgIpc) is 2.80. The van der Waals surface area contributed by atoms with E-state index in [2.05, 4.69) is 9.97 Å². The molecule has 0 saturated heterocycles. The fourth-order valence-electron chi connectivity index (χ4n) is 2.29. The second kappa shape index (κ2) is 4.36. The first-order valence-corrected chi connectivity index (χ1v) is 6.02. The van der Waals surface area contributed by atoms with Gasteiger partial charge in [0.05, 0.1) is 0 Å². The number of nitrogen functional groups attached to an aromatic ring is 1. The molecule has 1 aliphatic heterocycles. The van der Waals surface area contributed by atoms with Crippen LogP contribution in [-0.2, 0) is 12.6 Å². The number of anilines is 3. The van der Waals surface area contributed by atoms with Gasteiger partial charge in [0.15, 0.2) is 0 Å². The Morgan fingerprint density at radius 1 is 1.15 bits per heavy atom. The zero-order valence-corrected chi connectivity index (χ0v) is 10.4. The maximum absolute atomic E-state index is 12.7. The van der Waals surface area contributed by atoms with Crippen LogP contribution in [0.5, 0.6) is 0 Å². The molecule has 1 aromatic carbocycles. The van der Waals surface area contributed by atoms with Gasteiger partial charge in [0.1, 0.15) is 11.6 Å². The number of halogens is 3. The van der Waals surface area contributed by atoms with E-state index >= 15 is 0 Å². The quantitative estimate of drug-likeness (QED) is 0.872. The lowest BCUT2D eigenvalue weighted by Crippen LogP contribution is -2.19. The zero-order valence-electron chi connectivity index (χ0n) is 10.4. The van der Waals surface area contributed by atoms with Crippen LogP contribution in [0.25, 0.3) is 0 Å². The predicted octanol–water partition coefficient (Wildman–Crippen LogP) is 2.77. The summed E-state index contributed by atoms with van der Waals surface area (Å²) in [5.74, 6) is -1.22. The number of hydrogen-bond acceptors (Lipinski definition) is 4.